The summed E-state index contributed by atoms with van der Waals surface area (Å²) in [4.78, 5) is 31.1. The van der Waals surface area contributed by atoms with Crippen LogP contribution >= 0.6 is 11.6 Å². The molecule has 1 saturated carbocycles. The largest absolute Gasteiger partial charge is 0.487 e. The first-order chi connectivity index (χ1) is 23.3. The predicted molar refractivity (Wildman–Crippen MR) is 186 cm³/mol. The third kappa shape index (κ3) is 7.87. The van der Waals surface area contributed by atoms with Crippen LogP contribution in [0.2, 0.25) is 5.02 Å². The number of amides is 2. The highest BCUT2D eigenvalue weighted by molar-refractivity contribution is 7.87. The van der Waals surface area contributed by atoms with Crippen molar-refractivity contribution in [1.82, 2.24) is 13.9 Å². The van der Waals surface area contributed by atoms with Crippen molar-refractivity contribution in [2.75, 3.05) is 52.3 Å². The van der Waals surface area contributed by atoms with Gasteiger partial charge in [-0.05, 0) is 105 Å². The van der Waals surface area contributed by atoms with Gasteiger partial charge in [0, 0.05) is 58.0 Å². The molecule has 4 bridgehead atoms. The molecule has 2 amide bonds. The van der Waals surface area contributed by atoms with E-state index in [1.54, 1.807) is 19.2 Å². The maximum absolute atomic E-state index is 17.6. The minimum atomic E-state index is -4.35. The normalized spacial score (nSPS) is 28.3. The van der Waals surface area contributed by atoms with E-state index in [4.69, 9.17) is 21.1 Å². The third-order valence-corrected chi connectivity index (χ3v) is 12.7. The summed E-state index contributed by atoms with van der Waals surface area (Å²) >= 11 is 6.35. The van der Waals surface area contributed by atoms with Gasteiger partial charge in [0.2, 0.25) is 11.6 Å². The SMILES string of the molecule is CN1CC[C@H]2CCO[C@@H](C2)[C@@H]2CC[C@H]2CN2CCCCc3cc(Cl)ccc3COc3ccc(cc32)[C@](F)(C(=O)NS(=O)(=O)N(C)C)CC1=O. The molecule has 5 atom stereocenters. The minimum Gasteiger partial charge on any atom is -0.487 e. The second kappa shape index (κ2) is 14.7. The monoisotopic (exact) mass is 718 g/mol. The van der Waals surface area contributed by atoms with Gasteiger partial charge in [0.1, 0.15) is 12.4 Å². The number of carbonyl (C=O) groups is 2. The topological polar surface area (TPSA) is 108 Å². The number of carbonyl (C=O) groups excluding carboxylic acids is 2. The van der Waals surface area contributed by atoms with E-state index in [1.807, 2.05) is 22.9 Å². The van der Waals surface area contributed by atoms with Crippen LogP contribution in [0.4, 0.5) is 10.1 Å². The first-order valence-electron chi connectivity index (χ1n) is 17.4. The molecule has 3 aliphatic heterocycles. The van der Waals surface area contributed by atoms with Crippen LogP contribution in [-0.4, -0.2) is 82.9 Å². The number of hydrogen-bond acceptors (Lipinski definition) is 7. The molecule has 1 saturated heterocycles. The van der Waals surface area contributed by atoms with Crippen LogP contribution in [0.3, 0.4) is 0 Å². The molecule has 2 fully saturated rings. The molecular weight excluding hydrogens is 671 g/mol. The Bertz CT molecular complexity index is 1660. The second-order valence-electron chi connectivity index (χ2n) is 14.4. The van der Waals surface area contributed by atoms with Crippen LogP contribution in [0.15, 0.2) is 36.4 Å². The Morgan fingerprint density at radius 2 is 1.88 bits per heavy atom. The zero-order chi connectivity index (χ0) is 34.9. The Kier molecular flexibility index (Phi) is 10.8. The van der Waals surface area contributed by atoms with Crippen LogP contribution in [0.1, 0.15) is 68.1 Å². The summed E-state index contributed by atoms with van der Waals surface area (Å²) in [5.74, 6) is -0.353. The predicted octanol–water partition coefficient (Wildman–Crippen LogP) is 5.22. The highest BCUT2D eigenvalue weighted by atomic mass is 35.5. The summed E-state index contributed by atoms with van der Waals surface area (Å²) in [6.45, 7) is 2.71. The van der Waals surface area contributed by atoms with Crippen molar-refractivity contribution in [3.8, 4) is 5.75 Å². The lowest BCUT2D eigenvalue weighted by Crippen LogP contribution is -2.50. The van der Waals surface area contributed by atoms with E-state index in [9.17, 15) is 18.0 Å². The van der Waals surface area contributed by atoms with Gasteiger partial charge in [-0.15, -0.1) is 0 Å². The Balaban J connectivity index is 1.45. The first-order valence-corrected chi connectivity index (χ1v) is 19.2. The summed E-state index contributed by atoms with van der Waals surface area (Å²) in [6, 6.07) is 10.4. The molecule has 268 valence electrons. The van der Waals surface area contributed by atoms with E-state index in [0.29, 0.717) is 60.5 Å². The second-order valence-corrected chi connectivity index (χ2v) is 16.7. The molecule has 13 heteroatoms. The number of ether oxygens (including phenoxy) is 2. The van der Waals surface area contributed by atoms with E-state index < -0.39 is 34.1 Å². The Morgan fingerprint density at radius 3 is 2.63 bits per heavy atom. The van der Waals surface area contributed by atoms with E-state index >= 15 is 4.39 Å². The molecule has 3 heterocycles. The van der Waals surface area contributed by atoms with Crippen molar-refractivity contribution in [1.29, 1.82) is 0 Å². The zero-order valence-electron chi connectivity index (χ0n) is 28.6. The van der Waals surface area contributed by atoms with Crippen molar-refractivity contribution in [3.05, 3.63) is 58.1 Å². The molecule has 10 nitrogen and oxygen atoms in total. The number of benzene rings is 2. The van der Waals surface area contributed by atoms with Crippen LogP contribution in [0, 0.1) is 17.8 Å². The van der Waals surface area contributed by atoms with Gasteiger partial charge in [0.25, 0.3) is 5.91 Å². The Hall–Kier alpha value is -2.93. The van der Waals surface area contributed by atoms with Crippen LogP contribution in [-0.2, 0) is 43.2 Å². The van der Waals surface area contributed by atoms with E-state index in [1.165, 1.54) is 25.1 Å². The first kappa shape index (κ1) is 35.9. The number of rotatable bonds is 3. The molecule has 2 aromatic carbocycles. The number of nitrogens with one attached hydrogen (secondary N) is 1. The number of alkyl halides is 1. The van der Waals surface area contributed by atoms with Gasteiger partial charge in [0.05, 0.1) is 18.2 Å². The molecule has 4 aliphatic rings. The Labute approximate surface area is 294 Å². The molecule has 6 rings (SSSR count). The standard InChI is InChI=1S/C36H48ClFN4O6S/c1-40(2)49(45,46)39-35(44)36(38)21-34(43)41(3)16-13-24-14-17-47-33(18-24)30-11-8-26(30)22-42-15-5-4-6-25-19-29(37)10-7-27(25)23-48-32-12-9-28(36)20-31(32)42/h7,9-10,12,19-20,24,26,30,33H,4-6,8,11,13-18,21-23H2,1-3H3,(H,39,44)/t24-,26-,30+,33-,36-/m0/s1. The van der Waals surface area contributed by atoms with Crippen molar-refractivity contribution >= 4 is 39.3 Å². The molecule has 2 aromatic rings. The number of fused-ring (bicyclic) bond motifs is 6. The van der Waals surface area contributed by atoms with Crippen molar-refractivity contribution in [2.24, 2.45) is 17.8 Å². The van der Waals surface area contributed by atoms with Crippen molar-refractivity contribution in [3.63, 3.8) is 0 Å². The van der Waals surface area contributed by atoms with E-state index in [2.05, 4.69) is 4.90 Å². The average Bonchev–Trinajstić information content (AvgIpc) is 3.08. The van der Waals surface area contributed by atoms with Crippen molar-refractivity contribution in [2.45, 2.75) is 76.2 Å². The molecule has 0 unspecified atom stereocenters. The summed E-state index contributed by atoms with van der Waals surface area (Å²) in [7, 11) is -0.254. The molecule has 0 radical (unpaired) electrons. The van der Waals surface area contributed by atoms with Gasteiger partial charge in [-0.25, -0.2) is 9.11 Å². The fourth-order valence-corrected chi connectivity index (χ4v) is 8.46. The van der Waals surface area contributed by atoms with E-state index in [-0.39, 0.29) is 18.3 Å². The fourth-order valence-electron chi connectivity index (χ4n) is 7.69. The van der Waals surface area contributed by atoms with Gasteiger partial charge in [-0.3, -0.25) is 9.59 Å². The number of nitrogens with zero attached hydrogens (tertiary/aromatic N) is 3. The number of hydrogen-bond donors (Lipinski definition) is 1. The fraction of sp³-hybridized carbons (Fsp3) is 0.611. The lowest BCUT2D eigenvalue weighted by molar-refractivity contribution is -0.142. The third-order valence-electron chi connectivity index (χ3n) is 11.0. The lowest BCUT2D eigenvalue weighted by Gasteiger charge is -2.47. The van der Waals surface area contributed by atoms with Gasteiger partial charge in [0.15, 0.2) is 0 Å². The lowest BCUT2D eigenvalue weighted by atomic mass is 9.67. The van der Waals surface area contributed by atoms with Crippen molar-refractivity contribution < 1.29 is 31.9 Å². The highest BCUT2D eigenvalue weighted by Gasteiger charge is 2.47. The maximum Gasteiger partial charge on any atom is 0.303 e. The van der Waals surface area contributed by atoms with Crippen LogP contribution in [0.5, 0.6) is 5.75 Å². The number of halogens is 2. The summed E-state index contributed by atoms with van der Waals surface area (Å²) < 4.78 is 58.6. The summed E-state index contributed by atoms with van der Waals surface area (Å²) in [6.07, 6.45) is 6.61. The molecule has 1 N–H and O–H groups in total. The molecule has 1 aliphatic carbocycles. The summed E-state index contributed by atoms with van der Waals surface area (Å²) in [5, 5.41) is 0.668. The number of aryl methyl sites for hydroxylation is 1. The maximum atomic E-state index is 17.6. The number of anilines is 1. The molecule has 0 aromatic heterocycles. The highest BCUT2D eigenvalue weighted by Crippen LogP contribution is 2.45. The summed E-state index contributed by atoms with van der Waals surface area (Å²) in [5.41, 5.74) is -0.345. The minimum absolute atomic E-state index is 0.104. The van der Waals surface area contributed by atoms with Gasteiger partial charge < -0.3 is 19.3 Å². The van der Waals surface area contributed by atoms with Crippen LogP contribution in [0.25, 0.3) is 0 Å². The average molecular weight is 719 g/mol. The molecule has 0 spiro atoms. The van der Waals surface area contributed by atoms with Gasteiger partial charge in [-0.1, -0.05) is 23.7 Å². The Morgan fingerprint density at radius 1 is 1.06 bits per heavy atom. The smallest absolute Gasteiger partial charge is 0.303 e. The zero-order valence-corrected chi connectivity index (χ0v) is 30.2. The van der Waals surface area contributed by atoms with Gasteiger partial charge in [-0.2, -0.15) is 12.7 Å². The van der Waals surface area contributed by atoms with E-state index in [0.717, 1.165) is 66.8 Å². The van der Waals surface area contributed by atoms with Crippen LogP contribution < -0.4 is 14.4 Å². The quantitative estimate of drug-likeness (QED) is 0.464. The molecular formula is C36H48ClFN4O6S. The van der Waals surface area contributed by atoms with Gasteiger partial charge >= 0.3 is 10.2 Å². The molecule has 49 heavy (non-hydrogen) atoms.